The third-order valence-corrected chi connectivity index (χ3v) is 5.66. The Morgan fingerprint density at radius 2 is 2.15 bits per heavy atom. The summed E-state index contributed by atoms with van der Waals surface area (Å²) in [5, 5.41) is 3.61. The van der Waals surface area contributed by atoms with Gasteiger partial charge in [0, 0.05) is 45.3 Å². The normalized spacial score (nSPS) is 22.0. The molecule has 0 radical (unpaired) electrons. The molecule has 6 nitrogen and oxygen atoms in total. The van der Waals surface area contributed by atoms with Gasteiger partial charge in [-0.1, -0.05) is 18.2 Å². The second-order valence-corrected chi connectivity index (χ2v) is 7.54. The van der Waals surface area contributed by atoms with Gasteiger partial charge < -0.3 is 19.7 Å². The van der Waals surface area contributed by atoms with Crippen LogP contribution in [-0.4, -0.2) is 76.4 Å². The van der Waals surface area contributed by atoms with Crippen LogP contribution in [0.1, 0.15) is 30.9 Å². The van der Waals surface area contributed by atoms with Crippen LogP contribution >= 0.6 is 0 Å². The standard InChI is InChI=1S/C21H34N4O2/c1-22-21(24(2)15-17-10-13-27-16-17)23-14-19(25-11-6-7-12-25)18-8-4-5-9-20(18)26-3/h4-5,8-9,17,19H,6-7,10-16H2,1-3H3,(H,22,23). The highest BCUT2D eigenvalue weighted by atomic mass is 16.5. The maximum absolute atomic E-state index is 5.65. The molecule has 6 heteroatoms. The summed E-state index contributed by atoms with van der Waals surface area (Å²) >= 11 is 0. The quantitative estimate of drug-likeness (QED) is 0.587. The van der Waals surface area contributed by atoms with E-state index in [-0.39, 0.29) is 6.04 Å². The lowest BCUT2D eigenvalue weighted by atomic mass is 10.0. The Morgan fingerprint density at radius 1 is 1.37 bits per heavy atom. The second kappa shape index (κ2) is 9.95. The predicted molar refractivity (Wildman–Crippen MR) is 109 cm³/mol. The summed E-state index contributed by atoms with van der Waals surface area (Å²) in [5.41, 5.74) is 1.25. The molecule has 2 atom stereocenters. The molecule has 2 saturated heterocycles. The number of hydrogen-bond donors (Lipinski definition) is 1. The van der Waals surface area contributed by atoms with Crippen LogP contribution in [0.4, 0.5) is 0 Å². The number of likely N-dealkylation sites (tertiary alicyclic amines) is 1. The molecule has 3 rings (SSSR count). The molecule has 1 aromatic carbocycles. The van der Waals surface area contributed by atoms with Crippen molar-refractivity contribution in [3.05, 3.63) is 29.8 Å². The van der Waals surface area contributed by atoms with Gasteiger partial charge in [-0.05, 0) is 38.4 Å². The summed E-state index contributed by atoms with van der Waals surface area (Å²) in [6.45, 7) is 5.81. The molecule has 0 aromatic heterocycles. The molecule has 1 N–H and O–H groups in total. The predicted octanol–water partition coefficient (Wildman–Crippen LogP) is 2.38. The number of aliphatic imine (C=N–C) groups is 1. The highest BCUT2D eigenvalue weighted by Crippen LogP contribution is 2.31. The molecule has 2 unspecified atom stereocenters. The van der Waals surface area contributed by atoms with Gasteiger partial charge in [0.2, 0.25) is 0 Å². The lowest BCUT2D eigenvalue weighted by molar-refractivity contribution is 0.181. The molecule has 2 aliphatic heterocycles. The van der Waals surface area contributed by atoms with Crippen LogP contribution in [0.15, 0.2) is 29.3 Å². The van der Waals surface area contributed by atoms with E-state index in [0.717, 1.165) is 57.5 Å². The molecule has 0 amide bonds. The number of nitrogens with one attached hydrogen (secondary N) is 1. The lowest BCUT2D eigenvalue weighted by Gasteiger charge is -2.31. The van der Waals surface area contributed by atoms with Crippen molar-refractivity contribution in [2.75, 3.05) is 60.6 Å². The van der Waals surface area contributed by atoms with E-state index in [1.54, 1.807) is 7.11 Å². The van der Waals surface area contributed by atoms with Crippen LogP contribution in [0, 0.1) is 5.92 Å². The number of nitrogens with zero attached hydrogens (tertiary/aromatic N) is 3. The molecule has 150 valence electrons. The van der Waals surface area contributed by atoms with Gasteiger partial charge in [-0.15, -0.1) is 0 Å². The van der Waals surface area contributed by atoms with Crippen molar-refractivity contribution < 1.29 is 9.47 Å². The molecule has 2 fully saturated rings. The smallest absolute Gasteiger partial charge is 0.193 e. The number of methoxy groups -OCH3 is 1. The van der Waals surface area contributed by atoms with E-state index >= 15 is 0 Å². The van der Waals surface area contributed by atoms with Gasteiger partial charge in [-0.3, -0.25) is 9.89 Å². The van der Waals surface area contributed by atoms with E-state index in [0.29, 0.717) is 5.92 Å². The Kier molecular flexibility index (Phi) is 7.35. The van der Waals surface area contributed by atoms with E-state index in [2.05, 4.69) is 45.4 Å². The van der Waals surface area contributed by atoms with Crippen molar-refractivity contribution >= 4 is 5.96 Å². The zero-order chi connectivity index (χ0) is 19.1. The molecule has 0 saturated carbocycles. The monoisotopic (exact) mass is 374 g/mol. The molecule has 1 aromatic rings. The highest BCUT2D eigenvalue weighted by Gasteiger charge is 2.26. The van der Waals surface area contributed by atoms with Crippen molar-refractivity contribution in [2.45, 2.75) is 25.3 Å². The number of hydrogen-bond acceptors (Lipinski definition) is 4. The van der Waals surface area contributed by atoms with Gasteiger partial charge in [0.15, 0.2) is 5.96 Å². The molecular formula is C21H34N4O2. The minimum Gasteiger partial charge on any atom is -0.496 e. The number of guanidine groups is 1. The van der Waals surface area contributed by atoms with Gasteiger partial charge in [0.25, 0.3) is 0 Å². The number of ether oxygens (including phenoxy) is 2. The van der Waals surface area contributed by atoms with Crippen molar-refractivity contribution in [3.63, 3.8) is 0 Å². The van der Waals surface area contributed by atoms with Crippen LogP contribution in [0.3, 0.4) is 0 Å². The van der Waals surface area contributed by atoms with Crippen molar-refractivity contribution in [2.24, 2.45) is 10.9 Å². The largest absolute Gasteiger partial charge is 0.496 e. The zero-order valence-corrected chi connectivity index (χ0v) is 17.0. The van der Waals surface area contributed by atoms with E-state index < -0.39 is 0 Å². The Balaban J connectivity index is 1.67. The van der Waals surface area contributed by atoms with Gasteiger partial charge in [-0.25, -0.2) is 0 Å². The maximum atomic E-state index is 5.65. The van der Waals surface area contributed by atoms with Crippen LogP contribution in [0.5, 0.6) is 5.75 Å². The van der Waals surface area contributed by atoms with E-state index in [1.165, 1.54) is 18.4 Å². The minimum atomic E-state index is 0.281. The summed E-state index contributed by atoms with van der Waals surface area (Å²) in [5.74, 6) is 2.50. The Morgan fingerprint density at radius 3 is 2.81 bits per heavy atom. The zero-order valence-electron chi connectivity index (χ0n) is 17.0. The van der Waals surface area contributed by atoms with Crippen molar-refractivity contribution in [1.82, 2.24) is 15.1 Å². The average Bonchev–Trinajstić information content (AvgIpc) is 3.39. The first-order valence-corrected chi connectivity index (χ1v) is 10.1. The lowest BCUT2D eigenvalue weighted by Crippen LogP contribution is -2.45. The van der Waals surface area contributed by atoms with Crippen LogP contribution < -0.4 is 10.1 Å². The first-order valence-electron chi connectivity index (χ1n) is 10.1. The van der Waals surface area contributed by atoms with Gasteiger partial charge in [0.05, 0.1) is 19.8 Å². The minimum absolute atomic E-state index is 0.281. The summed E-state index contributed by atoms with van der Waals surface area (Å²) < 4.78 is 11.2. The average molecular weight is 375 g/mol. The number of rotatable bonds is 7. The maximum Gasteiger partial charge on any atom is 0.193 e. The number of benzene rings is 1. The second-order valence-electron chi connectivity index (χ2n) is 7.54. The van der Waals surface area contributed by atoms with E-state index in [1.807, 2.05) is 13.1 Å². The van der Waals surface area contributed by atoms with Crippen LogP contribution in [-0.2, 0) is 4.74 Å². The Bertz CT molecular complexity index is 610. The molecule has 2 heterocycles. The van der Waals surface area contributed by atoms with Crippen molar-refractivity contribution in [1.29, 1.82) is 0 Å². The molecule has 0 spiro atoms. The fourth-order valence-electron chi connectivity index (χ4n) is 4.20. The topological polar surface area (TPSA) is 49.3 Å². The summed E-state index contributed by atoms with van der Waals surface area (Å²) in [6.07, 6.45) is 3.67. The molecule has 0 aliphatic carbocycles. The van der Waals surface area contributed by atoms with Crippen LogP contribution in [0.25, 0.3) is 0 Å². The summed E-state index contributed by atoms with van der Waals surface area (Å²) in [4.78, 5) is 9.29. The van der Waals surface area contributed by atoms with Gasteiger partial charge in [-0.2, -0.15) is 0 Å². The fraction of sp³-hybridized carbons (Fsp3) is 0.667. The summed E-state index contributed by atoms with van der Waals surface area (Å²) in [7, 11) is 5.73. The number of para-hydroxylation sites is 1. The van der Waals surface area contributed by atoms with E-state index in [9.17, 15) is 0 Å². The Hall–Kier alpha value is -1.79. The van der Waals surface area contributed by atoms with E-state index in [4.69, 9.17) is 9.47 Å². The third kappa shape index (κ3) is 5.14. The van der Waals surface area contributed by atoms with Gasteiger partial charge in [0.1, 0.15) is 5.75 Å². The molecular weight excluding hydrogens is 340 g/mol. The first kappa shape index (κ1) is 20.0. The molecule has 0 bridgehead atoms. The first-order chi connectivity index (χ1) is 13.2. The van der Waals surface area contributed by atoms with Gasteiger partial charge >= 0.3 is 0 Å². The molecule has 27 heavy (non-hydrogen) atoms. The van der Waals surface area contributed by atoms with Crippen LogP contribution in [0.2, 0.25) is 0 Å². The summed E-state index contributed by atoms with van der Waals surface area (Å²) in [6, 6.07) is 8.66. The molecule has 2 aliphatic rings. The third-order valence-electron chi connectivity index (χ3n) is 5.66. The fourth-order valence-corrected chi connectivity index (χ4v) is 4.20. The van der Waals surface area contributed by atoms with Crippen molar-refractivity contribution in [3.8, 4) is 5.75 Å². The highest BCUT2D eigenvalue weighted by molar-refractivity contribution is 5.79. The Labute approximate surface area is 163 Å². The SMILES string of the molecule is CN=C(NCC(c1ccccc1OC)N1CCCC1)N(C)CC1CCOC1.